The van der Waals surface area contributed by atoms with Gasteiger partial charge in [-0.3, -0.25) is 0 Å². The summed E-state index contributed by atoms with van der Waals surface area (Å²) < 4.78 is 0. The first-order valence-corrected chi connectivity index (χ1v) is 5.33. The van der Waals surface area contributed by atoms with Crippen LogP contribution in [0.3, 0.4) is 0 Å². The van der Waals surface area contributed by atoms with Crippen LogP contribution in [0.15, 0.2) is 12.3 Å². The van der Waals surface area contributed by atoms with E-state index in [1.54, 1.807) is 0 Å². The summed E-state index contributed by atoms with van der Waals surface area (Å²) in [6.07, 6.45) is 2.34. The molecule has 5 nitrogen and oxygen atoms in total. The SMILES string of the molecule is CCCN(CC)c1ncc(C(=O)O)cc1N. The highest BCUT2D eigenvalue weighted by Crippen LogP contribution is 2.21. The third kappa shape index (κ3) is 2.62. The fourth-order valence-electron chi connectivity index (χ4n) is 1.54. The number of rotatable bonds is 5. The van der Waals surface area contributed by atoms with Crippen molar-refractivity contribution in [1.29, 1.82) is 0 Å². The van der Waals surface area contributed by atoms with E-state index in [9.17, 15) is 4.79 Å². The molecule has 0 aliphatic heterocycles. The molecule has 16 heavy (non-hydrogen) atoms. The number of hydrogen-bond acceptors (Lipinski definition) is 4. The number of nitrogens with zero attached hydrogens (tertiary/aromatic N) is 2. The Bertz CT molecular complexity index is 379. The van der Waals surface area contributed by atoms with E-state index in [1.165, 1.54) is 12.3 Å². The summed E-state index contributed by atoms with van der Waals surface area (Å²) in [7, 11) is 0. The van der Waals surface area contributed by atoms with Crippen molar-refractivity contribution in [3.05, 3.63) is 17.8 Å². The topological polar surface area (TPSA) is 79.5 Å². The van der Waals surface area contributed by atoms with Gasteiger partial charge in [0.25, 0.3) is 0 Å². The quantitative estimate of drug-likeness (QED) is 0.792. The van der Waals surface area contributed by atoms with Crippen LogP contribution in [-0.4, -0.2) is 29.1 Å². The second kappa shape index (κ2) is 5.34. The minimum absolute atomic E-state index is 0.119. The van der Waals surface area contributed by atoms with Crippen LogP contribution in [0.25, 0.3) is 0 Å². The van der Waals surface area contributed by atoms with Gasteiger partial charge in [-0.25, -0.2) is 9.78 Å². The summed E-state index contributed by atoms with van der Waals surface area (Å²) in [5.41, 5.74) is 6.33. The molecular weight excluding hydrogens is 206 g/mol. The van der Waals surface area contributed by atoms with Gasteiger partial charge in [0.2, 0.25) is 0 Å². The number of nitrogens with two attached hydrogens (primary N) is 1. The molecule has 0 aromatic carbocycles. The van der Waals surface area contributed by atoms with Crippen molar-refractivity contribution < 1.29 is 9.90 Å². The van der Waals surface area contributed by atoms with E-state index in [0.717, 1.165) is 19.5 Å². The van der Waals surface area contributed by atoms with Gasteiger partial charge in [0.15, 0.2) is 5.82 Å². The second-order valence-corrected chi connectivity index (χ2v) is 3.52. The lowest BCUT2D eigenvalue weighted by Gasteiger charge is -2.22. The summed E-state index contributed by atoms with van der Waals surface area (Å²) in [5, 5.41) is 8.79. The van der Waals surface area contributed by atoms with E-state index in [2.05, 4.69) is 11.9 Å². The highest BCUT2D eigenvalue weighted by Gasteiger charge is 2.11. The van der Waals surface area contributed by atoms with Crippen molar-refractivity contribution >= 4 is 17.5 Å². The molecule has 5 heteroatoms. The average molecular weight is 223 g/mol. The van der Waals surface area contributed by atoms with Gasteiger partial charge in [0.1, 0.15) is 0 Å². The number of carboxylic acids is 1. The minimum Gasteiger partial charge on any atom is -0.478 e. The second-order valence-electron chi connectivity index (χ2n) is 3.52. The van der Waals surface area contributed by atoms with E-state index in [0.29, 0.717) is 11.5 Å². The normalized spacial score (nSPS) is 10.1. The Morgan fingerprint density at radius 2 is 2.25 bits per heavy atom. The Labute approximate surface area is 94.9 Å². The summed E-state index contributed by atoms with van der Waals surface area (Å²) in [5.74, 6) is -0.348. The van der Waals surface area contributed by atoms with Crippen molar-refractivity contribution in [1.82, 2.24) is 4.98 Å². The number of anilines is 2. The molecule has 0 spiro atoms. The van der Waals surface area contributed by atoms with Crippen LogP contribution in [0.1, 0.15) is 30.6 Å². The summed E-state index contributed by atoms with van der Waals surface area (Å²) in [4.78, 5) is 16.9. The standard InChI is InChI=1S/C11H17N3O2/c1-3-5-14(4-2)10-9(12)6-8(7-13-10)11(15)16/h6-7H,3-5,12H2,1-2H3,(H,15,16). The molecule has 1 aromatic heterocycles. The molecule has 0 amide bonds. The van der Waals surface area contributed by atoms with Gasteiger partial charge in [0, 0.05) is 19.3 Å². The predicted molar refractivity (Wildman–Crippen MR) is 63.8 cm³/mol. The first-order chi connectivity index (χ1) is 7.60. The zero-order valence-corrected chi connectivity index (χ0v) is 9.60. The molecule has 0 unspecified atom stereocenters. The Hall–Kier alpha value is -1.78. The maximum atomic E-state index is 10.7. The largest absolute Gasteiger partial charge is 0.478 e. The maximum absolute atomic E-state index is 10.7. The molecule has 0 aliphatic rings. The Morgan fingerprint density at radius 3 is 2.69 bits per heavy atom. The summed E-state index contributed by atoms with van der Waals surface area (Å²) in [6, 6.07) is 1.45. The van der Waals surface area contributed by atoms with E-state index in [1.807, 2.05) is 11.8 Å². The molecule has 88 valence electrons. The lowest BCUT2D eigenvalue weighted by molar-refractivity contribution is 0.0696. The molecule has 0 fully saturated rings. The highest BCUT2D eigenvalue weighted by atomic mass is 16.4. The minimum atomic E-state index is -1.01. The van der Waals surface area contributed by atoms with E-state index in [-0.39, 0.29) is 5.56 Å². The molecule has 1 rings (SSSR count). The zero-order valence-electron chi connectivity index (χ0n) is 9.60. The van der Waals surface area contributed by atoms with Crippen LogP contribution in [-0.2, 0) is 0 Å². The molecule has 0 atom stereocenters. The fourth-order valence-corrected chi connectivity index (χ4v) is 1.54. The number of aromatic carboxylic acids is 1. The fraction of sp³-hybridized carbons (Fsp3) is 0.455. The van der Waals surface area contributed by atoms with E-state index in [4.69, 9.17) is 10.8 Å². The molecule has 0 saturated heterocycles. The summed E-state index contributed by atoms with van der Waals surface area (Å²) in [6.45, 7) is 5.75. The van der Waals surface area contributed by atoms with Gasteiger partial charge < -0.3 is 15.7 Å². The Morgan fingerprint density at radius 1 is 1.56 bits per heavy atom. The third-order valence-corrected chi connectivity index (χ3v) is 2.32. The van der Waals surface area contributed by atoms with Crippen LogP contribution < -0.4 is 10.6 Å². The Balaban J connectivity index is 3.01. The molecular formula is C11H17N3O2. The molecule has 3 N–H and O–H groups in total. The van der Waals surface area contributed by atoms with Gasteiger partial charge in [-0.1, -0.05) is 6.92 Å². The number of pyridine rings is 1. The smallest absolute Gasteiger partial charge is 0.337 e. The average Bonchev–Trinajstić information content (AvgIpc) is 2.26. The van der Waals surface area contributed by atoms with Crippen molar-refractivity contribution in [3.8, 4) is 0 Å². The third-order valence-electron chi connectivity index (χ3n) is 2.32. The van der Waals surface area contributed by atoms with Crippen LogP contribution in [0.5, 0.6) is 0 Å². The Kier molecular flexibility index (Phi) is 4.10. The first kappa shape index (κ1) is 12.3. The van der Waals surface area contributed by atoms with Crippen LogP contribution in [0, 0.1) is 0 Å². The number of carbonyl (C=O) groups is 1. The van der Waals surface area contributed by atoms with Crippen molar-refractivity contribution in [2.45, 2.75) is 20.3 Å². The molecule has 0 radical (unpaired) electrons. The first-order valence-electron chi connectivity index (χ1n) is 5.33. The molecule has 1 aromatic rings. The lowest BCUT2D eigenvalue weighted by Crippen LogP contribution is -2.25. The summed E-state index contributed by atoms with van der Waals surface area (Å²) >= 11 is 0. The van der Waals surface area contributed by atoms with Gasteiger partial charge >= 0.3 is 5.97 Å². The van der Waals surface area contributed by atoms with Crippen molar-refractivity contribution in [2.24, 2.45) is 0 Å². The highest BCUT2D eigenvalue weighted by molar-refractivity contribution is 5.89. The lowest BCUT2D eigenvalue weighted by atomic mass is 10.2. The van der Waals surface area contributed by atoms with E-state index >= 15 is 0 Å². The zero-order chi connectivity index (χ0) is 12.1. The van der Waals surface area contributed by atoms with Gasteiger partial charge in [-0.15, -0.1) is 0 Å². The van der Waals surface area contributed by atoms with Gasteiger partial charge in [-0.2, -0.15) is 0 Å². The van der Waals surface area contributed by atoms with Crippen LogP contribution in [0.4, 0.5) is 11.5 Å². The number of nitrogen functional groups attached to an aromatic ring is 1. The monoisotopic (exact) mass is 223 g/mol. The van der Waals surface area contributed by atoms with Crippen molar-refractivity contribution in [2.75, 3.05) is 23.7 Å². The van der Waals surface area contributed by atoms with Gasteiger partial charge in [-0.05, 0) is 19.4 Å². The molecule has 1 heterocycles. The van der Waals surface area contributed by atoms with Crippen LogP contribution >= 0.6 is 0 Å². The molecule has 0 saturated carbocycles. The maximum Gasteiger partial charge on any atom is 0.337 e. The number of aromatic nitrogens is 1. The predicted octanol–water partition coefficient (Wildman–Crippen LogP) is 1.60. The molecule has 0 bridgehead atoms. The van der Waals surface area contributed by atoms with Crippen molar-refractivity contribution in [3.63, 3.8) is 0 Å². The molecule has 0 aliphatic carbocycles. The number of carboxylic acid groups (broad SMARTS) is 1. The van der Waals surface area contributed by atoms with Crippen LogP contribution in [0.2, 0.25) is 0 Å². The van der Waals surface area contributed by atoms with Gasteiger partial charge in [0.05, 0.1) is 11.3 Å². The number of hydrogen-bond donors (Lipinski definition) is 2. The van der Waals surface area contributed by atoms with E-state index < -0.39 is 5.97 Å².